The summed E-state index contributed by atoms with van der Waals surface area (Å²) in [5.74, 6) is 0.658. The first kappa shape index (κ1) is 16.8. The average molecular weight is 312 g/mol. The minimum Gasteiger partial charge on any atom is -0.206 e. The Morgan fingerprint density at radius 2 is 1.73 bits per heavy atom. The number of benzene rings is 1. The Morgan fingerprint density at radius 3 is 2.32 bits per heavy atom. The number of halogens is 4. The molecular weight excluding hydrogens is 292 g/mol. The van der Waals surface area contributed by atoms with Crippen LogP contribution in [0.5, 0.6) is 0 Å². The zero-order chi connectivity index (χ0) is 16.2. The smallest absolute Gasteiger partial charge is 0.206 e. The molecule has 1 aliphatic carbocycles. The van der Waals surface area contributed by atoms with Gasteiger partial charge in [0.1, 0.15) is 5.82 Å². The lowest BCUT2D eigenvalue weighted by Crippen LogP contribution is -2.09. The molecule has 0 amide bonds. The van der Waals surface area contributed by atoms with Crippen molar-refractivity contribution >= 4 is 12.2 Å². The molecule has 0 unspecified atom stereocenters. The van der Waals surface area contributed by atoms with Crippen LogP contribution < -0.4 is 0 Å². The highest BCUT2D eigenvalue weighted by Gasteiger charge is 2.22. The highest BCUT2D eigenvalue weighted by atomic mass is 19.4. The highest BCUT2D eigenvalue weighted by molar-refractivity contribution is 5.57. The van der Waals surface area contributed by atoms with Gasteiger partial charge in [0.15, 0.2) is 0 Å². The van der Waals surface area contributed by atoms with E-state index in [2.05, 4.69) is 13.0 Å². The summed E-state index contributed by atoms with van der Waals surface area (Å²) in [4.78, 5) is 0. The summed E-state index contributed by atoms with van der Waals surface area (Å²) in [7, 11) is 0. The fourth-order valence-electron chi connectivity index (χ4n) is 2.69. The number of allylic oxidation sites excluding steroid dienone is 2. The van der Waals surface area contributed by atoms with Gasteiger partial charge in [-0.25, -0.2) is 4.39 Å². The molecule has 22 heavy (non-hydrogen) atoms. The molecule has 0 heterocycles. The standard InChI is InChI=1S/C18H20F4/c1-13-2-4-14(5-3-13)6-7-15-8-9-16(17(19)12-15)10-11-18(20,21)22/h6-14H,2-5H2,1H3/b7-6+,11-10+. The number of alkyl halides is 3. The fourth-order valence-corrected chi connectivity index (χ4v) is 2.69. The lowest BCUT2D eigenvalue weighted by Gasteiger charge is -2.23. The summed E-state index contributed by atoms with van der Waals surface area (Å²) in [6, 6.07) is 4.29. The third-order valence-corrected chi connectivity index (χ3v) is 4.10. The Balaban J connectivity index is 2.01. The summed E-state index contributed by atoms with van der Waals surface area (Å²) >= 11 is 0. The SMILES string of the molecule is CC1CCC(/C=C/c2ccc(/C=C/C(F)(F)F)c(F)c2)CC1. The fraction of sp³-hybridized carbons (Fsp3) is 0.444. The molecule has 2 rings (SSSR count). The van der Waals surface area contributed by atoms with Gasteiger partial charge in [-0.2, -0.15) is 13.2 Å². The summed E-state index contributed by atoms with van der Waals surface area (Å²) in [5.41, 5.74) is 0.626. The Morgan fingerprint density at radius 1 is 1.05 bits per heavy atom. The molecule has 0 aliphatic heterocycles. The van der Waals surface area contributed by atoms with Gasteiger partial charge in [-0.05, 0) is 42.4 Å². The largest absolute Gasteiger partial charge is 0.409 e. The predicted octanol–water partition coefficient (Wildman–Crippen LogP) is 6.24. The third-order valence-electron chi connectivity index (χ3n) is 4.10. The van der Waals surface area contributed by atoms with E-state index in [0.717, 1.165) is 24.8 Å². The van der Waals surface area contributed by atoms with Crippen molar-refractivity contribution < 1.29 is 17.6 Å². The Hall–Kier alpha value is -1.58. The molecule has 0 saturated heterocycles. The lowest BCUT2D eigenvalue weighted by atomic mass is 9.83. The number of rotatable bonds is 3. The Kier molecular flexibility index (Phi) is 5.43. The molecule has 0 nitrogen and oxygen atoms in total. The maximum absolute atomic E-state index is 13.8. The van der Waals surface area contributed by atoms with E-state index in [9.17, 15) is 17.6 Å². The molecule has 1 saturated carbocycles. The minimum absolute atomic E-state index is 0.0458. The van der Waals surface area contributed by atoms with Crippen LogP contribution >= 0.6 is 0 Å². The molecule has 0 atom stereocenters. The molecule has 1 aromatic carbocycles. The van der Waals surface area contributed by atoms with Gasteiger partial charge in [0.05, 0.1) is 0 Å². The first-order chi connectivity index (χ1) is 10.3. The van der Waals surface area contributed by atoms with E-state index >= 15 is 0 Å². The second-order valence-corrected chi connectivity index (χ2v) is 6.03. The van der Waals surface area contributed by atoms with Crippen molar-refractivity contribution in [3.63, 3.8) is 0 Å². The van der Waals surface area contributed by atoms with Crippen LogP contribution in [0.2, 0.25) is 0 Å². The molecule has 0 N–H and O–H groups in total. The molecule has 0 aromatic heterocycles. The molecule has 1 aromatic rings. The van der Waals surface area contributed by atoms with Crippen molar-refractivity contribution in [2.45, 2.75) is 38.8 Å². The topological polar surface area (TPSA) is 0 Å². The van der Waals surface area contributed by atoms with Crippen LogP contribution in [0.4, 0.5) is 17.6 Å². The monoisotopic (exact) mass is 312 g/mol. The van der Waals surface area contributed by atoms with Gasteiger partial charge in [-0.3, -0.25) is 0 Å². The van der Waals surface area contributed by atoms with Crippen LogP contribution in [0.1, 0.15) is 43.7 Å². The summed E-state index contributed by atoms with van der Waals surface area (Å²) < 4.78 is 50.0. The van der Waals surface area contributed by atoms with Gasteiger partial charge in [0.2, 0.25) is 0 Å². The molecule has 4 heteroatoms. The summed E-state index contributed by atoms with van der Waals surface area (Å²) in [6.45, 7) is 2.25. The number of hydrogen-bond acceptors (Lipinski definition) is 0. The van der Waals surface area contributed by atoms with E-state index in [4.69, 9.17) is 0 Å². The predicted molar refractivity (Wildman–Crippen MR) is 81.6 cm³/mol. The van der Waals surface area contributed by atoms with Crippen molar-refractivity contribution in [1.29, 1.82) is 0 Å². The summed E-state index contributed by atoms with van der Waals surface area (Å²) in [6.07, 6.45) is 5.04. The maximum atomic E-state index is 13.8. The third kappa shape index (κ3) is 5.32. The van der Waals surface area contributed by atoms with Gasteiger partial charge in [0, 0.05) is 11.6 Å². The van der Waals surface area contributed by atoms with E-state index in [0.29, 0.717) is 11.5 Å². The van der Waals surface area contributed by atoms with Crippen molar-refractivity contribution in [3.05, 3.63) is 47.3 Å². The Bertz CT molecular complexity index is 547. The second-order valence-electron chi connectivity index (χ2n) is 6.03. The second kappa shape index (κ2) is 7.12. The molecule has 120 valence electrons. The first-order valence-electron chi connectivity index (χ1n) is 7.57. The van der Waals surface area contributed by atoms with Gasteiger partial charge < -0.3 is 0 Å². The van der Waals surface area contributed by atoms with Crippen molar-refractivity contribution in [2.75, 3.05) is 0 Å². The van der Waals surface area contributed by atoms with Crippen molar-refractivity contribution in [1.82, 2.24) is 0 Å². The average Bonchev–Trinajstić information content (AvgIpc) is 2.45. The van der Waals surface area contributed by atoms with Gasteiger partial charge in [-0.1, -0.05) is 44.1 Å². The highest BCUT2D eigenvalue weighted by Crippen LogP contribution is 2.29. The summed E-state index contributed by atoms with van der Waals surface area (Å²) in [5, 5.41) is 0. The van der Waals surface area contributed by atoms with Crippen molar-refractivity contribution in [3.8, 4) is 0 Å². The van der Waals surface area contributed by atoms with Crippen molar-refractivity contribution in [2.24, 2.45) is 11.8 Å². The molecule has 0 spiro atoms. The van der Waals surface area contributed by atoms with E-state index in [1.54, 1.807) is 6.07 Å². The molecule has 1 fully saturated rings. The minimum atomic E-state index is -4.43. The number of hydrogen-bond donors (Lipinski definition) is 0. The van der Waals surface area contributed by atoms with E-state index in [1.165, 1.54) is 25.0 Å². The molecule has 1 aliphatic rings. The van der Waals surface area contributed by atoms with Crippen LogP contribution in [0, 0.1) is 17.7 Å². The lowest BCUT2D eigenvalue weighted by molar-refractivity contribution is -0.0790. The zero-order valence-corrected chi connectivity index (χ0v) is 12.5. The van der Waals surface area contributed by atoms with Gasteiger partial charge in [0.25, 0.3) is 0 Å². The molecular formula is C18H20F4. The molecule has 0 bridgehead atoms. The quantitative estimate of drug-likeness (QED) is 0.579. The van der Waals surface area contributed by atoms with Crippen LogP contribution in [-0.4, -0.2) is 6.18 Å². The van der Waals surface area contributed by atoms with E-state index in [-0.39, 0.29) is 11.6 Å². The van der Waals surface area contributed by atoms with Gasteiger partial charge >= 0.3 is 6.18 Å². The van der Waals surface area contributed by atoms with Crippen LogP contribution in [0.3, 0.4) is 0 Å². The normalized spacial score (nSPS) is 23.5. The van der Waals surface area contributed by atoms with E-state index < -0.39 is 12.0 Å². The maximum Gasteiger partial charge on any atom is 0.409 e. The van der Waals surface area contributed by atoms with E-state index in [1.807, 2.05) is 6.08 Å². The first-order valence-corrected chi connectivity index (χ1v) is 7.57. The zero-order valence-electron chi connectivity index (χ0n) is 12.5. The molecule has 0 radical (unpaired) electrons. The van der Waals surface area contributed by atoms with Crippen LogP contribution in [0.15, 0.2) is 30.4 Å². The van der Waals surface area contributed by atoms with Crippen LogP contribution in [-0.2, 0) is 0 Å². The van der Waals surface area contributed by atoms with Gasteiger partial charge in [-0.15, -0.1) is 0 Å². The van der Waals surface area contributed by atoms with Crippen LogP contribution in [0.25, 0.3) is 12.2 Å². The Labute approximate surface area is 128 Å².